The summed E-state index contributed by atoms with van der Waals surface area (Å²) in [6.07, 6.45) is 4.67. The van der Waals surface area contributed by atoms with E-state index in [0.29, 0.717) is 25.3 Å². The van der Waals surface area contributed by atoms with Crippen molar-refractivity contribution in [2.24, 2.45) is 0 Å². The van der Waals surface area contributed by atoms with Crippen molar-refractivity contribution >= 4 is 16.8 Å². The number of carbonyl (C=O) groups excluding carboxylic acids is 1. The maximum absolute atomic E-state index is 14.0. The first-order chi connectivity index (χ1) is 17.1. The molecule has 4 aromatic rings. The van der Waals surface area contributed by atoms with Gasteiger partial charge in [0.15, 0.2) is 0 Å². The summed E-state index contributed by atoms with van der Waals surface area (Å²) in [5.74, 6) is 0.652. The summed E-state index contributed by atoms with van der Waals surface area (Å²) in [4.78, 5) is 19.9. The number of benzene rings is 2. The molecule has 178 valence electrons. The zero-order valence-corrected chi connectivity index (χ0v) is 20.2. The molecule has 0 radical (unpaired) electrons. The van der Waals surface area contributed by atoms with Gasteiger partial charge >= 0.3 is 0 Å². The molecule has 2 aromatic carbocycles. The van der Waals surface area contributed by atoms with Crippen LogP contribution in [0.5, 0.6) is 5.75 Å². The third-order valence-electron chi connectivity index (χ3n) is 6.09. The van der Waals surface area contributed by atoms with Crippen molar-refractivity contribution in [2.75, 3.05) is 6.54 Å². The van der Waals surface area contributed by atoms with E-state index in [1.165, 1.54) is 0 Å². The number of aromatic nitrogens is 2. The first-order valence-electron chi connectivity index (χ1n) is 12.0. The molecule has 0 bridgehead atoms. The van der Waals surface area contributed by atoms with E-state index in [-0.39, 0.29) is 18.4 Å². The number of hydrogen-bond acceptors (Lipinski definition) is 4. The molecule has 2 heterocycles. The second-order valence-corrected chi connectivity index (χ2v) is 8.62. The Morgan fingerprint density at radius 2 is 1.91 bits per heavy atom. The molecule has 1 amide bonds. The molecule has 1 atom stereocenters. The Morgan fingerprint density at radius 3 is 2.63 bits per heavy atom. The van der Waals surface area contributed by atoms with Crippen LogP contribution in [0.3, 0.4) is 0 Å². The molecule has 0 N–H and O–H groups in total. The lowest BCUT2D eigenvalue weighted by Gasteiger charge is -2.23. The maximum atomic E-state index is 14.0. The Balaban J connectivity index is 1.79. The summed E-state index contributed by atoms with van der Waals surface area (Å²) in [5.41, 5.74) is 3.54. The van der Waals surface area contributed by atoms with Crippen LogP contribution in [0.1, 0.15) is 48.3 Å². The molecule has 6 nitrogen and oxygen atoms in total. The fraction of sp³-hybridized carbons (Fsp3) is 0.276. The van der Waals surface area contributed by atoms with Crippen molar-refractivity contribution in [3.8, 4) is 11.8 Å². The third-order valence-corrected chi connectivity index (χ3v) is 6.09. The second kappa shape index (κ2) is 11.3. The highest BCUT2D eigenvalue weighted by Gasteiger charge is 2.23. The van der Waals surface area contributed by atoms with Gasteiger partial charge in [-0.15, -0.1) is 0 Å². The second-order valence-electron chi connectivity index (χ2n) is 8.62. The van der Waals surface area contributed by atoms with Crippen LogP contribution in [-0.4, -0.2) is 33.0 Å². The van der Waals surface area contributed by atoms with Crippen LogP contribution in [0.4, 0.5) is 0 Å². The zero-order chi connectivity index (χ0) is 24.6. The monoisotopic (exact) mass is 466 g/mol. The van der Waals surface area contributed by atoms with Crippen molar-refractivity contribution in [2.45, 2.75) is 45.9 Å². The van der Waals surface area contributed by atoms with Crippen molar-refractivity contribution in [1.82, 2.24) is 14.5 Å². The van der Waals surface area contributed by atoms with Crippen LogP contribution in [0, 0.1) is 11.3 Å². The summed E-state index contributed by atoms with van der Waals surface area (Å²) in [7, 11) is 0. The van der Waals surface area contributed by atoms with Crippen molar-refractivity contribution in [3.63, 3.8) is 0 Å². The Bertz CT molecular complexity index is 1310. The molecule has 0 spiro atoms. The summed E-state index contributed by atoms with van der Waals surface area (Å²) < 4.78 is 8.26. The average Bonchev–Trinajstić information content (AvgIpc) is 3.26. The van der Waals surface area contributed by atoms with Crippen LogP contribution >= 0.6 is 0 Å². The van der Waals surface area contributed by atoms with E-state index in [0.717, 1.165) is 34.2 Å². The number of nitriles is 1. The number of amides is 1. The smallest absolute Gasteiger partial charge is 0.270 e. The van der Waals surface area contributed by atoms with Crippen molar-refractivity contribution in [1.29, 1.82) is 5.26 Å². The molecule has 0 aliphatic heterocycles. The quantitative estimate of drug-likeness (QED) is 0.295. The molecule has 0 aliphatic carbocycles. The molecule has 0 saturated heterocycles. The van der Waals surface area contributed by atoms with Gasteiger partial charge in [0, 0.05) is 37.4 Å². The Labute approximate surface area is 206 Å². The van der Waals surface area contributed by atoms with E-state index in [2.05, 4.69) is 34.7 Å². The van der Waals surface area contributed by atoms with Crippen LogP contribution in [0.25, 0.3) is 10.9 Å². The van der Waals surface area contributed by atoms with Crippen molar-refractivity contribution < 1.29 is 9.53 Å². The fourth-order valence-electron chi connectivity index (χ4n) is 4.09. The summed E-state index contributed by atoms with van der Waals surface area (Å²) in [6.45, 7) is 5.41. The zero-order valence-electron chi connectivity index (χ0n) is 20.2. The number of pyridine rings is 1. The van der Waals surface area contributed by atoms with Crippen LogP contribution in [-0.2, 0) is 13.1 Å². The van der Waals surface area contributed by atoms with E-state index < -0.39 is 0 Å². The van der Waals surface area contributed by atoms with E-state index in [1.54, 1.807) is 17.3 Å². The number of nitrogens with zero attached hydrogens (tertiary/aromatic N) is 4. The largest absolute Gasteiger partial charge is 0.490 e. The predicted molar refractivity (Wildman–Crippen MR) is 137 cm³/mol. The van der Waals surface area contributed by atoms with Gasteiger partial charge in [0.05, 0.1) is 24.1 Å². The number of fused-ring (bicyclic) bond motifs is 1. The topological polar surface area (TPSA) is 71.2 Å². The van der Waals surface area contributed by atoms with E-state index in [1.807, 2.05) is 61.5 Å². The highest BCUT2D eigenvalue weighted by Crippen LogP contribution is 2.31. The third kappa shape index (κ3) is 5.70. The summed E-state index contributed by atoms with van der Waals surface area (Å²) in [5, 5.41) is 10.1. The van der Waals surface area contributed by atoms with Gasteiger partial charge in [0.2, 0.25) is 0 Å². The number of carbonyl (C=O) groups is 1. The van der Waals surface area contributed by atoms with Gasteiger partial charge < -0.3 is 14.2 Å². The summed E-state index contributed by atoms with van der Waals surface area (Å²) >= 11 is 0. The average molecular weight is 467 g/mol. The Hall–Kier alpha value is -4.11. The first-order valence-corrected chi connectivity index (χ1v) is 12.0. The molecule has 2 aromatic heterocycles. The Kier molecular flexibility index (Phi) is 7.79. The van der Waals surface area contributed by atoms with Gasteiger partial charge in [-0.3, -0.25) is 9.78 Å². The standard InChI is InChI=1S/C29H30N4O2/c1-3-22(2)35-28-14-7-13-26-25(28)18-27(33(26)21-23-10-5-4-6-11-23)29(34)32(17-9-15-30)20-24-12-8-16-31-19-24/h4-8,10-14,16,18-19,22H,3,9,17,20-21H2,1-2H3/t22-/m0/s1. The minimum absolute atomic E-state index is 0.0648. The van der Waals surface area contributed by atoms with Gasteiger partial charge in [0.25, 0.3) is 5.91 Å². The Morgan fingerprint density at radius 1 is 1.11 bits per heavy atom. The van der Waals surface area contributed by atoms with Gasteiger partial charge in [-0.05, 0) is 48.7 Å². The molecule has 6 heteroatoms. The molecule has 0 unspecified atom stereocenters. The molecular formula is C29H30N4O2. The van der Waals surface area contributed by atoms with Crippen LogP contribution in [0.15, 0.2) is 79.1 Å². The van der Waals surface area contributed by atoms with E-state index >= 15 is 0 Å². The summed E-state index contributed by atoms with van der Waals surface area (Å²) in [6, 6.07) is 24.0. The maximum Gasteiger partial charge on any atom is 0.270 e. The van der Waals surface area contributed by atoms with Gasteiger partial charge in [0.1, 0.15) is 11.4 Å². The lowest BCUT2D eigenvalue weighted by Crippen LogP contribution is -2.33. The highest BCUT2D eigenvalue weighted by molar-refractivity contribution is 6.00. The molecule has 4 rings (SSSR count). The van der Waals surface area contributed by atoms with Crippen molar-refractivity contribution in [3.05, 3.63) is 95.9 Å². The van der Waals surface area contributed by atoms with Crippen LogP contribution in [0.2, 0.25) is 0 Å². The van der Waals surface area contributed by atoms with E-state index in [9.17, 15) is 10.1 Å². The fourth-order valence-corrected chi connectivity index (χ4v) is 4.09. The number of ether oxygens (including phenoxy) is 1. The molecule has 0 fully saturated rings. The van der Waals surface area contributed by atoms with E-state index in [4.69, 9.17) is 4.74 Å². The first kappa shape index (κ1) is 24.0. The van der Waals surface area contributed by atoms with Gasteiger partial charge in [-0.1, -0.05) is 49.4 Å². The minimum atomic E-state index is -0.120. The number of hydrogen-bond donors (Lipinski definition) is 0. The van der Waals surface area contributed by atoms with Gasteiger partial charge in [-0.25, -0.2) is 0 Å². The molecule has 0 aliphatic rings. The molecule has 0 saturated carbocycles. The molecule has 35 heavy (non-hydrogen) atoms. The normalized spacial score (nSPS) is 11.7. The lowest BCUT2D eigenvalue weighted by molar-refractivity contribution is 0.0737. The SMILES string of the molecule is CC[C@H](C)Oc1cccc2c1cc(C(=O)N(CCC#N)Cc1cccnc1)n2Cc1ccccc1. The van der Waals surface area contributed by atoms with Crippen LogP contribution < -0.4 is 4.74 Å². The number of rotatable bonds is 10. The lowest BCUT2D eigenvalue weighted by atomic mass is 10.2. The minimum Gasteiger partial charge on any atom is -0.490 e. The van der Waals surface area contributed by atoms with Gasteiger partial charge in [-0.2, -0.15) is 5.26 Å². The highest BCUT2D eigenvalue weighted by atomic mass is 16.5. The predicted octanol–water partition coefficient (Wildman–Crippen LogP) is 5.82. The molecular weight excluding hydrogens is 436 g/mol.